The Bertz CT molecular complexity index is 437. The van der Waals surface area contributed by atoms with Gasteiger partial charge in [0, 0.05) is 31.4 Å². The molecule has 0 spiro atoms. The third kappa shape index (κ3) is 1.70. The molecule has 1 N–H and O–H groups in total. The van der Waals surface area contributed by atoms with E-state index in [1.54, 1.807) is 0 Å². The fourth-order valence-corrected chi connectivity index (χ4v) is 3.81. The average molecular weight is 246 g/mol. The first-order valence-electron chi connectivity index (χ1n) is 7.28. The standard InChI is InChI=1S/C14H22N4/c1-10-14-6-15-4-11(14)7-17(10)8-13-5-16-9-18(13)12-2-3-12/h5,9-12,14-15H,2-4,6-8H2,1H3. The van der Waals surface area contributed by atoms with Crippen LogP contribution in [0.4, 0.5) is 0 Å². The van der Waals surface area contributed by atoms with E-state index in [2.05, 4.69) is 32.9 Å². The summed E-state index contributed by atoms with van der Waals surface area (Å²) in [4.78, 5) is 7.01. The highest BCUT2D eigenvalue weighted by molar-refractivity contribution is 5.06. The molecule has 3 unspecified atom stereocenters. The molecule has 4 nitrogen and oxygen atoms in total. The van der Waals surface area contributed by atoms with Crippen LogP contribution < -0.4 is 5.32 Å². The maximum Gasteiger partial charge on any atom is 0.0951 e. The zero-order valence-electron chi connectivity index (χ0n) is 11.0. The van der Waals surface area contributed by atoms with Gasteiger partial charge in [0.05, 0.1) is 12.0 Å². The number of nitrogens with zero attached hydrogens (tertiary/aromatic N) is 3. The van der Waals surface area contributed by atoms with Crippen LogP contribution in [0.2, 0.25) is 0 Å². The van der Waals surface area contributed by atoms with E-state index in [-0.39, 0.29) is 0 Å². The number of rotatable bonds is 3. The highest BCUT2D eigenvalue weighted by atomic mass is 15.2. The molecular formula is C14H22N4. The van der Waals surface area contributed by atoms with Crippen molar-refractivity contribution in [3.8, 4) is 0 Å². The minimum atomic E-state index is 0.715. The average Bonchev–Trinajstić information content (AvgIpc) is 2.83. The molecular weight excluding hydrogens is 224 g/mol. The van der Waals surface area contributed by atoms with E-state index >= 15 is 0 Å². The first-order valence-corrected chi connectivity index (χ1v) is 7.28. The van der Waals surface area contributed by atoms with Crippen LogP contribution in [0.3, 0.4) is 0 Å². The van der Waals surface area contributed by atoms with Gasteiger partial charge in [-0.1, -0.05) is 0 Å². The lowest BCUT2D eigenvalue weighted by Crippen LogP contribution is -2.33. The quantitative estimate of drug-likeness (QED) is 0.871. The fourth-order valence-electron chi connectivity index (χ4n) is 3.81. The Labute approximate surface area is 108 Å². The molecule has 0 bridgehead atoms. The van der Waals surface area contributed by atoms with Crippen LogP contribution in [0.25, 0.3) is 0 Å². The maximum atomic E-state index is 4.35. The molecule has 4 heteroatoms. The van der Waals surface area contributed by atoms with Gasteiger partial charge in [0.15, 0.2) is 0 Å². The monoisotopic (exact) mass is 246 g/mol. The van der Waals surface area contributed by atoms with Crippen molar-refractivity contribution in [1.82, 2.24) is 19.8 Å². The van der Waals surface area contributed by atoms with Crippen LogP contribution in [0.1, 0.15) is 31.5 Å². The summed E-state index contributed by atoms with van der Waals surface area (Å²) in [6.07, 6.45) is 6.77. The Hall–Kier alpha value is -0.870. The maximum absolute atomic E-state index is 4.35. The number of imidazole rings is 1. The van der Waals surface area contributed by atoms with Crippen molar-refractivity contribution < 1.29 is 0 Å². The topological polar surface area (TPSA) is 33.1 Å². The zero-order valence-corrected chi connectivity index (χ0v) is 11.0. The fraction of sp³-hybridized carbons (Fsp3) is 0.786. The third-order valence-electron chi connectivity index (χ3n) is 5.11. The summed E-state index contributed by atoms with van der Waals surface area (Å²) >= 11 is 0. The van der Waals surface area contributed by atoms with Crippen molar-refractivity contribution in [2.24, 2.45) is 11.8 Å². The molecule has 3 heterocycles. The first kappa shape index (κ1) is 11.0. The second-order valence-corrected chi connectivity index (χ2v) is 6.28. The molecule has 3 aliphatic rings. The van der Waals surface area contributed by atoms with E-state index in [0.717, 1.165) is 24.4 Å². The summed E-state index contributed by atoms with van der Waals surface area (Å²) in [6.45, 7) is 7.17. The molecule has 0 radical (unpaired) electrons. The predicted octanol–water partition coefficient (Wildman–Crippen LogP) is 1.26. The van der Waals surface area contributed by atoms with E-state index in [9.17, 15) is 0 Å². The van der Waals surface area contributed by atoms with Crippen molar-refractivity contribution >= 4 is 0 Å². The Balaban J connectivity index is 1.49. The van der Waals surface area contributed by atoms with Gasteiger partial charge in [0.1, 0.15) is 0 Å². The van der Waals surface area contributed by atoms with Crippen LogP contribution in [-0.4, -0.2) is 40.1 Å². The third-order valence-corrected chi connectivity index (χ3v) is 5.11. The van der Waals surface area contributed by atoms with Crippen molar-refractivity contribution in [3.63, 3.8) is 0 Å². The van der Waals surface area contributed by atoms with E-state index in [1.165, 1.54) is 38.2 Å². The summed E-state index contributed by atoms with van der Waals surface area (Å²) in [6, 6.07) is 1.47. The molecule has 0 amide bonds. The van der Waals surface area contributed by atoms with Gasteiger partial charge in [0.2, 0.25) is 0 Å². The number of hydrogen-bond donors (Lipinski definition) is 1. The summed E-state index contributed by atoms with van der Waals surface area (Å²) in [5.74, 6) is 1.74. The van der Waals surface area contributed by atoms with E-state index < -0.39 is 0 Å². The highest BCUT2D eigenvalue weighted by Gasteiger charge is 2.41. The summed E-state index contributed by atoms with van der Waals surface area (Å²) in [5, 5.41) is 3.53. The molecule has 1 saturated carbocycles. The Morgan fingerprint density at radius 2 is 2.28 bits per heavy atom. The second-order valence-electron chi connectivity index (χ2n) is 6.28. The number of aromatic nitrogens is 2. The SMILES string of the molecule is CC1C2CNCC2CN1Cc1cncn1C1CC1. The molecule has 1 aromatic heterocycles. The van der Waals surface area contributed by atoms with Gasteiger partial charge < -0.3 is 9.88 Å². The number of nitrogens with one attached hydrogen (secondary N) is 1. The lowest BCUT2D eigenvalue weighted by atomic mass is 9.95. The molecule has 4 rings (SSSR count). The minimum Gasteiger partial charge on any atom is -0.330 e. The Kier molecular flexibility index (Phi) is 2.49. The van der Waals surface area contributed by atoms with E-state index in [1.807, 2.05) is 6.33 Å². The van der Waals surface area contributed by atoms with Gasteiger partial charge in [-0.2, -0.15) is 0 Å². The smallest absolute Gasteiger partial charge is 0.0951 e. The van der Waals surface area contributed by atoms with Gasteiger partial charge in [-0.05, 0) is 44.7 Å². The molecule has 1 aliphatic carbocycles. The Morgan fingerprint density at radius 1 is 1.39 bits per heavy atom. The van der Waals surface area contributed by atoms with Crippen molar-refractivity contribution in [2.45, 2.75) is 38.4 Å². The predicted molar refractivity (Wildman–Crippen MR) is 70.2 cm³/mol. The minimum absolute atomic E-state index is 0.715. The summed E-state index contributed by atoms with van der Waals surface area (Å²) in [5.41, 5.74) is 1.41. The largest absolute Gasteiger partial charge is 0.330 e. The Morgan fingerprint density at radius 3 is 3.06 bits per heavy atom. The summed E-state index contributed by atoms with van der Waals surface area (Å²) < 4.78 is 2.40. The lowest BCUT2D eigenvalue weighted by molar-refractivity contribution is 0.226. The van der Waals surface area contributed by atoms with Gasteiger partial charge in [-0.15, -0.1) is 0 Å². The van der Waals surface area contributed by atoms with E-state index in [4.69, 9.17) is 0 Å². The molecule has 3 atom stereocenters. The molecule has 2 aliphatic heterocycles. The highest BCUT2D eigenvalue weighted by Crippen LogP contribution is 2.37. The molecule has 2 saturated heterocycles. The summed E-state index contributed by atoms with van der Waals surface area (Å²) in [7, 11) is 0. The van der Waals surface area contributed by atoms with E-state index in [0.29, 0.717) is 6.04 Å². The number of hydrogen-bond acceptors (Lipinski definition) is 3. The van der Waals surface area contributed by atoms with Crippen LogP contribution in [0, 0.1) is 11.8 Å². The number of fused-ring (bicyclic) bond motifs is 1. The van der Waals surface area contributed by atoms with Gasteiger partial charge in [-0.25, -0.2) is 4.98 Å². The van der Waals surface area contributed by atoms with Gasteiger partial charge >= 0.3 is 0 Å². The van der Waals surface area contributed by atoms with Crippen LogP contribution >= 0.6 is 0 Å². The lowest BCUT2D eigenvalue weighted by Gasteiger charge is -2.24. The normalized spacial score (nSPS) is 36.2. The molecule has 3 fully saturated rings. The zero-order chi connectivity index (χ0) is 12.1. The number of likely N-dealkylation sites (tertiary alicyclic amines) is 1. The second kappa shape index (κ2) is 4.07. The van der Waals surface area contributed by atoms with Gasteiger partial charge in [0.25, 0.3) is 0 Å². The molecule has 98 valence electrons. The van der Waals surface area contributed by atoms with Gasteiger partial charge in [-0.3, -0.25) is 4.90 Å². The van der Waals surface area contributed by atoms with Crippen LogP contribution in [0.15, 0.2) is 12.5 Å². The van der Waals surface area contributed by atoms with Crippen LogP contribution in [0.5, 0.6) is 0 Å². The molecule has 1 aromatic rings. The van der Waals surface area contributed by atoms with Crippen LogP contribution in [-0.2, 0) is 6.54 Å². The first-order chi connectivity index (χ1) is 8.83. The van der Waals surface area contributed by atoms with Crippen molar-refractivity contribution in [3.05, 3.63) is 18.2 Å². The van der Waals surface area contributed by atoms with Crippen molar-refractivity contribution in [2.75, 3.05) is 19.6 Å². The molecule has 18 heavy (non-hydrogen) atoms. The van der Waals surface area contributed by atoms with Crippen molar-refractivity contribution in [1.29, 1.82) is 0 Å². The molecule has 0 aromatic carbocycles.